The zero-order valence-electron chi connectivity index (χ0n) is 10.1. The fourth-order valence-electron chi connectivity index (χ4n) is 1.90. The SMILES string of the molecule is COCC(O)C(C#N)c1ccc2c(c1)OCCO2. The number of aliphatic hydroxyl groups is 1. The molecule has 1 aromatic carbocycles. The summed E-state index contributed by atoms with van der Waals surface area (Å²) in [5.41, 5.74) is 0.700. The number of hydrogen-bond donors (Lipinski definition) is 1. The molecule has 0 spiro atoms. The van der Waals surface area contributed by atoms with Crippen LogP contribution in [0.15, 0.2) is 18.2 Å². The van der Waals surface area contributed by atoms with Gasteiger partial charge in [0.15, 0.2) is 11.5 Å². The summed E-state index contributed by atoms with van der Waals surface area (Å²) in [4.78, 5) is 0. The zero-order chi connectivity index (χ0) is 13.0. The van der Waals surface area contributed by atoms with Crippen LogP contribution in [0.25, 0.3) is 0 Å². The van der Waals surface area contributed by atoms with Crippen molar-refractivity contribution in [3.63, 3.8) is 0 Å². The van der Waals surface area contributed by atoms with Gasteiger partial charge in [-0.05, 0) is 17.7 Å². The van der Waals surface area contributed by atoms with Crippen molar-refractivity contribution in [2.45, 2.75) is 12.0 Å². The van der Waals surface area contributed by atoms with E-state index in [1.54, 1.807) is 18.2 Å². The van der Waals surface area contributed by atoms with Crippen molar-refractivity contribution in [1.29, 1.82) is 5.26 Å². The first kappa shape index (κ1) is 12.7. The van der Waals surface area contributed by atoms with Crippen LogP contribution < -0.4 is 9.47 Å². The number of nitriles is 1. The second kappa shape index (κ2) is 5.71. The molecule has 0 aromatic heterocycles. The first-order chi connectivity index (χ1) is 8.76. The van der Waals surface area contributed by atoms with Crippen LogP contribution in [0.3, 0.4) is 0 Å². The lowest BCUT2D eigenvalue weighted by Gasteiger charge is -2.21. The molecule has 1 N–H and O–H groups in total. The van der Waals surface area contributed by atoms with Crippen LogP contribution in [0.5, 0.6) is 11.5 Å². The number of hydrogen-bond acceptors (Lipinski definition) is 5. The molecule has 0 saturated heterocycles. The Hall–Kier alpha value is -1.77. The molecule has 0 aliphatic carbocycles. The number of nitrogens with zero attached hydrogens (tertiary/aromatic N) is 1. The van der Waals surface area contributed by atoms with Crippen molar-refractivity contribution in [2.75, 3.05) is 26.9 Å². The third-order valence-electron chi connectivity index (χ3n) is 2.79. The molecule has 5 nitrogen and oxygen atoms in total. The molecule has 1 aromatic rings. The third kappa shape index (κ3) is 2.55. The van der Waals surface area contributed by atoms with E-state index in [0.29, 0.717) is 30.3 Å². The standard InChI is InChI=1S/C13H15NO4/c1-16-8-11(15)10(7-14)9-2-3-12-13(6-9)18-5-4-17-12/h2-3,6,10-11,15H,4-5,8H2,1H3. The Morgan fingerprint density at radius 3 is 2.78 bits per heavy atom. The van der Waals surface area contributed by atoms with Crippen LogP contribution >= 0.6 is 0 Å². The second-order valence-electron chi connectivity index (χ2n) is 4.03. The highest BCUT2D eigenvalue weighted by Gasteiger charge is 2.23. The Morgan fingerprint density at radius 2 is 2.11 bits per heavy atom. The lowest BCUT2D eigenvalue weighted by Crippen LogP contribution is -2.23. The van der Waals surface area contributed by atoms with E-state index in [4.69, 9.17) is 19.5 Å². The molecule has 0 bridgehead atoms. The minimum atomic E-state index is -0.859. The summed E-state index contributed by atoms with van der Waals surface area (Å²) in [6, 6.07) is 7.34. The molecule has 1 aliphatic rings. The van der Waals surface area contributed by atoms with Gasteiger partial charge in [0, 0.05) is 7.11 Å². The summed E-state index contributed by atoms with van der Waals surface area (Å²) in [6.45, 7) is 1.14. The summed E-state index contributed by atoms with van der Waals surface area (Å²) in [5.74, 6) is 0.646. The van der Waals surface area contributed by atoms with Gasteiger partial charge in [0.1, 0.15) is 13.2 Å². The Morgan fingerprint density at radius 1 is 1.39 bits per heavy atom. The Bertz CT molecular complexity index is 455. The van der Waals surface area contributed by atoms with Gasteiger partial charge in [-0.2, -0.15) is 5.26 Å². The lowest BCUT2D eigenvalue weighted by molar-refractivity contribution is 0.0570. The molecule has 0 amide bonds. The van der Waals surface area contributed by atoms with Crippen LogP contribution in [-0.2, 0) is 4.74 Å². The Labute approximate surface area is 106 Å². The van der Waals surface area contributed by atoms with Crippen molar-refractivity contribution in [3.05, 3.63) is 23.8 Å². The molecule has 2 atom stereocenters. The van der Waals surface area contributed by atoms with Crippen molar-refractivity contribution in [2.24, 2.45) is 0 Å². The molecule has 1 aliphatic heterocycles. The summed E-state index contributed by atoms with van der Waals surface area (Å²) in [6.07, 6.45) is -0.859. The molecular formula is C13H15NO4. The number of ether oxygens (including phenoxy) is 3. The minimum absolute atomic E-state index is 0.118. The molecule has 96 valence electrons. The largest absolute Gasteiger partial charge is 0.486 e. The monoisotopic (exact) mass is 249 g/mol. The smallest absolute Gasteiger partial charge is 0.161 e. The van der Waals surface area contributed by atoms with Gasteiger partial charge in [-0.3, -0.25) is 0 Å². The summed E-state index contributed by atoms with van der Waals surface area (Å²) in [7, 11) is 1.49. The summed E-state index contributed by atoms with van der Waals surface area (Å²) >= 11 is 0. The quantitative estimate of drug-likeness (QED) is 0.864. The van der Waals surface area contributed by atoms with Gasteiger partial charge < -0.3 is 19.3 Å². The first-order valence-corrected chi connectivity index (χ1v) is 5.72. The van der Waals surface area contributed by atoms with Gasteiger partial charge in [0.2, 0.25) is 0 Å². The van der Waals surface area contributed by atoms with E-state index in [1.807, 2.05) is 0 Å². The number of benzene rings is 1. The molecule has 5 heteroatoms. The summed E-state index contributed by atoms with van der Waals surface area (Å²) in [5, 5.41) is 19.0. The van der Waals surface area contributed by atoms with Crippen molar-refractivity contribution in [1.82, 2.24) is 0 Å². The molecule has 1 heterocycles. The molecule has 0 saturated carbocycles. The third-order valence-corrected chi connectivity index (χ3v) is 2.79. The molecule has 0 fully saturated rings. The van der Waals surface area contributed by atoms with E-state index in [1.165, 1.54) is 7.11 Å². The number of methoxy groups -OCH3 is 1. The number of fused-ring (bicyclic) bond motifs is 1. The molecule has 18 heavy (non-hydrogen) atoms. The van der Waals surface area contributed by atoms with Crippen molar-refractivity contribution in [3.8, 4) is 17.6 Å². The Balaban J connectivity index is 2.24. The molecule has 2 rings (SSSR count). The van der Waals surface area contributed by atoms with Gasteiger partial charge in [0.25, 0.3) is 0 Å². The van der Waals surface area contributed by atoms with Gasteiger partial charge in [-0.1, -0.05) is 6.07 Å². The molecular weight excluding hydrogens is 234 g/mol. The van der Waals surface area contributed by atoms with Crippen molar-refractivity contribution >= 4 is 0 Å². The normalized spacial score (nSPS) is 16.7. The van der Waals surface area contributed by atoms with E-state index < -0.39 is 12.0 Å². The predicted octanol–water partition coefficient (Wildman–Crippen LogP) is 1.07. The van der Waals surface area contributed by atoms with Crippen molar-refractivity contribution < 1.29 is 19.3 Å². The maximum Gasteiger partial charge on any atom is 0.161 e. The fourth-order valence-corrected chi connectivity index (χ4v) is 1.90. The van der Waals surface area contributed by atoms with Gasteiger partial charge in [-0.15, -0.1) is 0 Å². The van der Waals surface area contributed by atoms with E-state index in [-0.39, 0.29) is 6.61 Å². The Kier molecular flexibility index (Phi) is 4.03. The predicted molar refractivity (Wildman–Crippen MR) is 63.7 cm³/mol. The van der Waals surface area contributed by atoms with Gasteiger partial charge >= 0.3 is 0 Å². The van der Waals surface area contributed by atoms with E-state index in [0.717, 1.165) is 0 Å². The van der Waals surface area contributed by atoms with E-state index in [9.17, 15) is 5.11 Å². The summed E-state index contributed by atoms with van der Waals surface area (Å²) < 4.78 is 15.7. The minimum Gasteiger partial charge on any atom is -0.486 e. The lowest BCUT2D eigenvalue weighted by atomic mass is 9.95. The van der Waals surface area contributed by atoms with Crippen LogP contribution in [-0.4, -0.2) is 38.1 Å². The maximum atomic E-state index is 9.85. The number of aliphatic hydroxyl groups excluding tert-OH is 1. The highest BCUT2D eigenvalue weighted by molar-refractivity contribution is 5.46. The van der Waals surface area contributed by atoms with Crippen LogP contribution in [0.1, 0.15) is 11.5 Å². The topological polar surface area (TPSA) is 71.7 Å². The van der Waals surface area contributed by atoms with E-state index >= 15 is 0 Å². The highest BCUT2D eigenvalue weighted by atomic mass is 16.6. The van der Waals surface area contributed by atoms with Gasteiger partial charge in [0.05, 0.1) is 24.7 Å². The van der Waals surface area contributed by atoms with Gasteiger partial charge in [-0.25, -0.2) is 0 Å². The zero-order valence-corrected chi connectivity index (χ0v) is 10.1. The average Bonchev–Trinajstić information content (AvgIpc) is 2.40. The molecule has 2 unspecified atom stereocenters. The van der Waals surface area contributed by atoms with Crippen LogP contribution in [0, 0.1) is 11.3 Å². The second-order valence-corrected chi connectivity index (χ2v) is 4.03. The van der Waals surface area contributed by atoms with Crippen LogP contribution in [0.2, 0.25) is 0 Å². The molecule has 0 radical (unpaired) electrons. The highest BCUT2D eigenvalue weighted by Crippen LogP contribution is 2.33. The van der Waals surface area contributed by atoms with E-state index in [2.05, 4.69) is 6.07 Å². The maximum absolute atomic E-state index is 9.85. The number of rotatable bonds is 4. The average molecular weight is 249 g/mol. The fraction of sp³-hybridized carbons (Fsp3) is 0.462. The first-order valence-electron chi connectivity index (χ1n) is 5.72. The van der Waals surface area contributed by atoms with Crippen LogP contribution in [0.4, 0.5) is 0 Å².